The van der Waals surface area contributed by atoms with Crippen LogP contribution in [0.3, 0.4) is 0 Å². The second-order valence-electron chi connectivity index (χ2n) is 3.06. The van der Waals surface area contributed by atoms with Gasteiger partial charge in [0.2, 0.25) is 0 Å². The Kier molecular flexibility index (Phi) is 4.85. The van der Waals surface area contributed by atoms with Crippen molar-refractivity contribution in [3.63, 3.8) is 0 Å². The SMILES string of the molecule is COc1cc(C=CCSC(C)=O)cnc1N. The third kappa shape index (κ3) is 3.94. The maximum atomic E-state index is 10.7. The molecule has 0 aliphatic rings. The Balaban J connectivity index is 2.63. The summed E-state index contributed by atoms with van der Waals surface area (Å²) >= 11 is 1.26. The first-order valence-corrected chi connectivity index (χ1v) is 5.71. The fourth-order valence-corrected chi connectivity index (χ4v) is 1.50. The smallest absolute Gasteiger partial charge is 0.186 e. The highest BCUT2D eigenvalue weighted by Gasteiger charge is 1.99. The molecule has 0 unspecified atom stereocenters. The highest BCUT2D eigenvalue weighted by Crippen LogP contribution is 2.19. The fraction of sp³-hybridized carbons (Fsp3) is 0.273. The summed E-state index contributed by atoms with van der Waals surface area (Å²) in [5.74, 6) is 1.58. The number of carbonyl (C=O) groups excluding carboxylic acids is 1. The molecule has 0 fully saturated rings. The summed E-state index contributed by atoms with van der Waals surface area (Å²) in [4.78, 5) is 14.7. The molecule has 5 heteroatoms. The molecule has 1 heterocycles. The van der Waals surface area contributed by atoms with Crippen molar-refractivity contribution in [2.45, 2.75) is 6.92 Å². The van der Waals surface area contributed by atoms with Gasteiger partial charge in [0, 0.05) is 18.9 Å². The summed E-state index contributed by atoms with van der Waals surface area (Å²) in [7, 11) is 1.55. The number of carbonyl (C=O) groups is 1. The van der Waals surface area contributed by atoms with Gasteiger partial charge in [-0.1, -0.05) is 23.9 Å². The zero-order valence-corrected chi connectivity index (χ0v) is 10.1. The summed E-state index contributed by atoms with van der Waals surface area (Å²) in [6.45, 7) is 1.55. The topological polar surface area (TPSA) is 65.2 Å². The maximum absolute atomic E-state index is 10.7. The molecule has 1 aromatic rings. The summed E-state index contributed by atoms with van der Waals surface area (Å²) in [5.41, 5.74) is 6.48. The van der Waals surface area contributed by atoms with Crippen LogP contribution in [0.2, 0.25) is 0 Å². The van der Waals surface area contributed by atoms with Crippen molar-refractivity contribution in [3.8, 4) is 5.75 Å². The molecule has 86 valence electrons. The lowest BCUT2D eigenvalue weighted by Crippen LogP contribution is -1.95. The van der Waals surface area contributed by atoms with Crippen LogP contribution in [0.25, 0.3) is 6.08 Å². The van der Waals surface area contributed by atoms with E-state index in [1.165, 1.54) is 11.8 Å². The van der Waals surface area contributed by atoms with Crippen molar-refractivity contribution in [1.29, 1.82) is 0 Å². The first kappa shape index (κ1) is 12.6. The average molecular weight is 238 g/mol. The van der Waals surface area contributed by atoms with Crippen LogP contribution in [-0.4, -0.2) is 23.0 Å². The van der Waals surface area contributed by atoms with Crippen molar-refractivity contribution in [2.75, 3.05) is 18.6 Å². The monoisotopic (exact) mass is 238 g/mol. The van der Waals surface area contributed by atoms with Crippen LogP contribution in [0.5, 0.6) is 5.75 Å². The third-order valence-corrected chi connectivity index (χ3v) is 2.58. The van der Waals surface area contributed by atoms with Gasteiger partial charge in [-0.05, 0) is 11.6 Å². The largest absolute Gasteiger partial charge is 0.493 e. The van der Waals surface area contributed by atoms with Crippen molar-refractivity contribution < 1.29 is 9.53 Å². The van der Waals surface area contributed by atoms with E-state index >= 15 is 0 Å². The van der Waals surface area contributed by atoms with Gasteiger partial charge in [-0.3, -0.25) is 4.79 Å². The first-order valence-electron chi connectivity index (χ1n) is 4.73. The van der Waals surface area contributed by atoms with Gasteiger partial charge < -0.3 is 10.5 Å². The number of thioether (sulfide) groups is 1. The van der Waals surface area contributed by atoms with Crippen molar-refractivity contribution in [2.24, 2.45) is 0 Å². The van der Waals surface area contributed by atoms with E-state index in [4.69, 9.17) is 10.5 Å². The number of anilines is 1. The number of ether oxygens (including phenoxy) is 1. The number of aromatic nitrogens is 1. The minimum Gasteiger partial charge on any atom is -0.493 e. The van der Waals surface area contributed by atoms with Gasteiger partial charge in [0.15, 0.2) is 16.7 Å². The molecule has 0 aliphatic carbocycles. The number of hydrogen-bond acceptors (Lipinski definition) is 5. The minimum absolute atomic E-state index is 0.109. The van der Waals surface area contributed by atoms with E-state index in [9.17, 15) is 4.79 Å². The summed E-state index contributed by atoms with van der Waals surface area (Å²) in [5, 5.41) is 0.109. The standard InChI is InChI=1S/C11H14N2O2S/c1-8(14)16-5-3-4-9-6-10(15-2)11(12)13-7-9/h3-4,6-7H,5H2,1-2H3,(H2,12,13). The zero-order valence-electron chi connectivity index (χ0n) is 9.27. The molecule has 0 aromatic carbocycles. The van der Waals surface area contributed by atoms with E-state index < -0.39 is 0 Å². The van der Waals surface area contributed by atoms with E-state index in [2.05, 4.69) is 4.98 Å². The highest BCUT2D eigenvalue weighted by molar-refractivity contribution is 8.13. The predicted octanol–water partition coefficient (Wildman–Crippen LogP) is 1.97. The Morgan fingerprint density at radius 2 is 2.44 bits per heavy atom. The lowest BCUT2D eigenvalue weighted by molar-refractivity contribution is -0.109. The highest BCUT2D eigenvalue weighted by atomic mass is 32.2. The number of nitrogens with two attached hydrogens (primary N) is 1. The molecular weight excluding hydrogens is 224 g/mol. The molecule has 0 saturated carbocycles. The van der Waals surface area contributed by atoms with Crippen LogP contribution < -0.4 is 10.5 Å². The second-order valence-corrected chi connectivity index (χ2v) is 4.26. The lowest BCUT2D eigenvalue weighted by Gasteiger charge is -2.03. The Bertz CT molecular complexity index is 405. The maximum Gasteiger partial charge on any atom is 0.186 e. The predicted molar refractivity (Wildman–Crippen MR) is 67.4 cm³/mol. The molecule has 0 radical (unpaired) electrons. The van der Waals surface area contributed by atoms with Gasteiger partial charge in [0.25, 0.3) is 0 Å². The van der Waals surface area contributed by atoms with E-state index in [1.807, 2.05) is 12.2 Å². The molecule has 0 atom stereocenters. The third-order valence-electron chi connectivity index (χ3n) is 1.82. The molecule has 0 aliphatic heterocycles. The van der Waals surface area contributed by atoms with Crippen LogP contribution in [0.4, 0.5) is 5.82 Å². The fourth-order valence-electron chi connectivity index (χ4n) is 1.07. The Labute approximate surface area is 98.9 Å². The van der Waals surface area contributed by atoms with Gasteiger partial charge in [-0.25, -0.2) is 4.98 Å². The Morgan fingerprint density at radius 3 is 3.06 bits per heavy atom. The summed E-state index contributed by atoms with van der Waals surface area (Å²) in [6.07, 6.45) is 5.44. The Morgan fingerprint density at radius 1 is 1.69 bits per heavy atom. The number of rotatable bonds is 4. The number of nitrogens with zero attached hydrogens (tertiary/aromatic N) is 1. The number of hydrogen-bond donors (Lipinski definition) is 1. The Hall–Kier alpha value is -1.49. The molecule has 0 saturated heterocycles. The average Bonchev–Trinajstić information content (AvgIpc) is 2.26. The van der Waals surface area contributed by atoms with E-state index in [-0.39, 0.29) is 5.12 Å². The summed E-state index contributed by atoms with van der Waals surface area (Å²) < 4.78 is 5.05. The molecule has 0 spiro atoms. The molecule has 16 heavy (non-hydrogen) atoms. The van der Waals surface area contributed by atoms with E-state index in [0.29, 0.717) is 17.3 Å². The van der Waals surface area contributed by atoms with Gasteiger partial charge >= 0.3 is 0 Å². The minimum atomic E-state index is 0.109. The van der Waals surface area contributed by atoms with E-state index in [0.717, 1.165) is 5.56 Å². The van der Waals surface area contributed by atoms with Gasteiger partial charge in [0.05, 0.1) is 7.11 Å². The van der Waals surface area contributed by atoms with Crippen molar-refractivity contribution in [3.05, 3.63) is 23.9 Å². The van der Waals surface area contributed by atoms with Crippen molar-refractivity contribution >= 4 is 28.8 Å². The van der Waals surface area contributed by atoms with Gasteiger partial charge in [-0.2, -0.15) is 0 Å². The zero-order chi connectivity index (χ0) is 12.0. The first-order chi connectivity index (χ1) is 7.63. The van der Waals surface area contributed by atoms with Crippen LogP contribution in [0.15, 0.2) is 18.3 Å². The molecular formula is C11H14N2O2S. The van der Waals surface area contributed by atoms with Gasteiger partial charge in [-0.15, -0.1) is 0 Å². The number of nitrogen functional groups attached to an aromatic ring is 1. The molecule has 0 amide bonds. The molecule has 2 N–H and O–H groups in total. The molecule has 4 nitrogen and oxygen atoms in total. The van der Waals surface area contributed by atoms with Crippen LogP contribution in [-0.2, 0) is 4.79 Å². The number of pyridine rings is 1. The molecule has 1 aromatic heterocycles. The normalized spacial score (nSPS) is 10.6. The molecule has 1 rings (SSSR count). The second kappa shape index (κ2) is 6.17. The quantitative estimate of drug-likeness (QED) is 0.868. The lowest BCUT2D eigenvalue weighted by atomic mass is 10.2. The van der Waals surface area contributed by atoms with Crippen LogP contribution in [0.1, 0.15) is 12.5 Å². The van der Waals surface area contributed by atoms with Crippen LogP contribution >= 0.6 is 11.8 Å². The summed E-state index contributed by atoms with van der Waals surface area (Å²) in [6, 6.07) is 1.80. The van der Waals surface area contributed by atoms with Crippen molar-refractivity contribution in [1.82, 2.24) is 4.98 Å². The number of methoxy groups -OCH3 is 1. The van der Waals surface area contributed by atoms with E-state index in [1.54, 1.807) is 26.3 Å². The molecule has 0 bridgehead atoms. The van der Waals surface area contributed by atoms with Gasteiger partial charge in [0.1, 0.15) is 0 Å². The van der Waals surface area contributed by atoms with Crippen LogP contribution in [0, 0.1) is 0 Å².